The Labute approximate surface area is 205 Å². The van der Waals surface area contributed by atoms with Gasteiger partial charge < -0.3 is 4.90 Å². The lowest BCUT2D eigenvalue weighted by Gasteiger charge is -2.28. The Bertz CT molecular complexity index is 794. The summed E-state index contributed by atoms with van der Waals surface area (Å²) in [6.07, 6.45) is 12.9. The van der Waals surface area contributed by atoms with Crippen molar-refractivity contribution in [2.45, 2.75) is 90.6 Å². The van der Waals surface area contributed by atoms with E-state index in [9.17, 15) is 9.59 Å². The fraction of sp³-hybridized carbons (Fsp3) is 0.517. The van der Waals surface area contributed by atoms with Crippen molar-refractivity contribution in [2.24, 2.45) is 0 Å². The standard InChI is InChI=1S/C29H41NO2S/c1-3-4-5-6-7-8-9-10-11-18-23-33-29(32)25(2)30(24-26-19-14-12-15-20-26)28(31)27-21-16-13-17-22-27/h12-17,19-22,25H,3-11,18,23-24H2,1-2H3. The normalized spacial score (nSPS) is 11.8. The van der Waals surface area contributed by atoms with E-state index in [4.69, 9.17) is 0 Å². The quantitative estimate of drug-likeness (QED) is 0.235. The maximum absolute atomic E-state index is 13.2. The summed E-state index contributed by atoms with van der Waals surface area (Å²) in [4.78, 5) is 27.9. The first-order valence-corrected chi connectivity index (χ1v) is 13.7. The molecule has 0 aromatic heterocycles. The Morgan fingerprint density at radius 2 is 1.27 bits per heavy atom. The van der Waals surface area contributed by atoms with Crippen LogP contribution in [0.5, 0.6) is 0 Å². The average Bonchev–Trinajstić information content (AvgIpc) is 2.86. The molecule has 2 rings (SSSR count). The fourth-order valence-corrected chi connectivity index (χ4v) is 4.84. The highest BCUT2D eigenvalue weighted by atomic mass is 32.2. The van der Waals surface area contributed by atoms with E-state index in [1.807, 2.05) is 67.6 Å². The number of hydrogen-bond acceptors (Lipinski definition) is 3. The van der Waals surface area contributed by atoms with Crippen molar-refractivity contribution < 1.29 is 9.59 Å². The van der Waals surface area contributed by atoms with Crippen molar-refractivity contribution in [1.29, 1.82) is 0 Å². The van der Waals surface area contributed by atoms with Crippen molar-refractivity contribution in [3.8, 4) is 0 Å². The van der Waals surface area contributed by atoms with Gasteiger partial charge in [0.2, 0.25) is 5.12 Å². The number of nitrogens with zero attached hydrogens (tertiary/aromatic N) is 1. The van der Waals surface area contributed by atoms with Gasteiger partial charge in [-0.25, -0.2) is 0 Å². The van der Waals surface area contributed by atoms with Gasteiger partial charge in [0.15, 0.2) is 0 Å². The van der Waals surface area contributed by atoms with Crippen LogP contribution >= 0.6 is 11.8 Å². The summed E-state index contributed by atoms with van der Waals surface area (Å²) in [5, 5.41) is 0.0751. The molecule has 180 valence electrons. The number of hydrogen-bond donors (Lipinski definition) is 0. The van der Waals surface area contributed by atoms with E-state index in [-0.39, 0.29) is 11.0 Å². The van der Waals surface area contributed by atoms with Gasteiger partial charge in [0.05, 0.1) is 6.04 Å². The van der Waals surface area contributed by atoms with Crippen molar-refractivity contribution in [2.75, 3.05) is 5.75 Å². The van der Waals surface area contributed by atoms with E-state index in [2.05, 4.69) is 6.92 Å². The molecule has 0 spiro atoms. The number of amides is 1. The third-order valence-corrected chi connectivity index (χ3v) is 7.15. The molecule has 0 bridgehead atoms. The Balaban J connectivity index is 1.78. The maximum Gasteiger partial charge on any atom is 0.254 e. The zero-order valence-corrected chi connectivity index (χ0v) is 21.3. The molecule has 2 aromatic rings. The third-order valence-electron chi connectivity index (χ3n) is 6.03. The molecule has 4 heteroatoms. The summed E-state index contributed by atoms with van der Waals surface area (Å²) in [6, 6.07) is 18.7. The van der Waals surface area contributed by atoms with Crippen LogP contribution in [0.2, 0.25) is 0 Å². The highest BCUT2D eigenvalue weighted by Crippen LogP contribution is 2.19. The van der Waals surface area contributed by atoms with Gasteiger partial charge in [0.25, 0.3) is 5.91 Å². The minimum atomic E-state index is -0.467. The molecule has 1 unspecified atom stereocenters. The summed E-state index contributed by atoms with van der Waals surface area (Å²) in [5.41, 5.74) is 1.65. The largest absolute Gasteiger partial charge is 0.324 e. The number of thioether (sulfide) groups is 1. The number of unbranched alkanes of at least 4 members (excludes halogenated alkanes) is 9. The second-order valence-electron chi connectivity index (χ2n) is 8.81. The Morgan fingerprint density at radius 3 is 1.85 bits per heavy atom. The van der Waals surface area contributed by atoms with E-state index >= 15 is 0 Å². The molecule has 0 aliphatic heterocycles. The molecule has 2 aromatic carbocycles. The minimum absolute atomic E-state index is 0.0751. The lowest BCUT2D eigenvalue weighted by Crippen LogP contribution is -2.42. The molecule has 0 radical (unpaired) electrons. The van der Waals surface area contributed by atoms with E-state index in [0.29, 0.717) is 12.1 Å². The van der Waals surface area contributed by atoms with Gasteiger partial charge in [-0.05, 0) is 31.0 Å². The van der Waals surface area contributed by atoms with Gasteiger partial charge in [-0.3, -0.25) is 9.59 Å². The topological polar surface area (TPSA) is 37.4 Å². The van der Waals surface area contributed by atoms with Gasteiger partial charge in [0, 0.05) is 17.9 Å². The second kappa shape index (κ2) is 16.5. The van der Waals surface area contributed by atoms with Crippen molar-refractivity contribution in [1.82, 2.24) is 4.90 Å². The highest BCUT2D eigenvalue weighted by molar-refractivity contribution is 8.13. The summed E-state index contributed by atoms with van der Waals surface area (Å²) in [7, 11) is 0. The van der Waals surface area contributed by atoms with Gasteiger partial charge in [0.1, 0.15) is 0 Å². The van der Waals surface area contributed by atoms with Crippen molar-refractivity contribution in [3.63, 3.8) is 0 Å². The van der Waals surface area contributed by atoms with Crippen LogP contribution in [0.4, 0.5) is 0 Å². The molecule has 0 saturated heterocycles. The third kappa shape index (κ3) is 10.6. The molecule has 0 aliphatic rings. The smallest absolute Gasteiger partial charge is 0.254 e. The van der Waals surface area contributed by atoms with E-state index in [0.717, 1.165) is 17.7 Å². The van der Waals surface area contributed by atoms with Crippen molar-refractivity contribution in [3.05, 3.63) is 71.8 Å². The molecule has 3 nitrogen and oxygen atoms in total. The predicted molar refractivity (Wildman–Crippen MR) is 142 cm³/mol. The molecular weight excluding hydrogens is 426 g/mol. The summed E-state index contributed by atoms with van der Waals surface area (Å²) in [6.45, 7) is 4.55. The first-order valence-electron chi connectivity index (χ1n) is 12.7. The van der Waals surface area contributed by atoms with Crippen LogP contribution < -0.4 is 0 Å². The van der Waals surface area contributed by atoms with Crippen molar-refractivity contribution >= 4 is 22.8 Å². The first-order chi connectivity index (χ1) is 16.1. The van der Waals surface area contributed by atoms with Crippen LogP contribution in [0.1, 0.15) is 94.0 Å². The predicted octanol–water partition coefficient (Wildman–Crippen LogP) is 7.90. The van der Waals surface area contributed by atoms with Gasteiger partial charge in [-0.15, -0.1) is 0 Å². The molecule has 1 atom stereocenters. The van der Waals surface area contributed by atoms with E-state index < -0.39 is 6.04 Å². The molecule has 0 heterocycles. The molecule has 0 saturated carbocycles. The van der Waals surface area contributed by atoms with E-state index in [1.165, 1.54) is 69.5 Å². The molecular formula is C29H41NO2S. The average molecular weight is 468 g/mol. The fourth-order valence-electron chi connectivity index (χ4n) is 3.92. The zero-order valence-electron chi connectivity index (χ0n) is 20.5. The lowest BCUT2D eigenvalue weighted by molar-refractivity contribution is -0.114. The van der Waals surface area contributed by atoms with Crippen LogP contribution in [0, 0.1) is 0 Å². The Kier molecular flexibility index (Phi) is 13.6. The summed E-state index contributed by atoms with van der Waals surface area (Å²) < 4.78 is 0. The zero-order chi connectivity index (χ0) is 23.7. The second-order valence-corrected chi connectivity index (χ2v) is 9.91. The van der Waals surface area contributed by atoms with Gasteiger partial charge >= 0.3 is 0 Å². The molecule has 0 N–H and O–H groups in total. The van der Waals surface area contributed by atoms with Gasteiger partial charge in [-0.1, -0.05) is 125 Å². The maximum atomic E-state index is 13.2. The van der Waals surface area contributed by atoms with Crippen LogP contribution in [-0.4, -0.2) is 27.7 Å². The lowest BCUT2D eigenvalue weighted by atomic mass is 10.1. The minimum Gasteiger partial charge on any atom is -0.324 e. The first kappa shape index (κ1) is 27.2. The summed E-state index contributed by atoms with van der Waals surface area (Å²) >= 11 is 1.38. The molecule has 0 fully saturated rings. The van der Waals surface area contributed by atoms with Crippen LogP contribution in [0.3, 0.4) is 0 Å². The number of rotatable bonds is 16. The number of benzene rings is 2. The molecule has 0 aliphatic carbocycles. The Hall–Kier alpha value is -2.07. The Morgan fingerprint density at radius 1 is 0.758 bits per heavy atom. The molecule has 1 amide bonds. The van der Waals surface area contributed by atoms with Crippen LogP contribution in [0.15, 0.2) is 60.7 Å². The number of carbonyl (C=O) groups is 2. The monoisotopic (exact) mass is 467 g/mol. The van der Waals surface area contributed by atoms with Crippen LogP contribution in [0.25, 0.3) is 0 Å². The number of carbonyl (C=O) groups excluding carboxylic acids is 2. The molecule has 33 heavy (non-hydrogen) atoms. The van der Waals surface area contributed by atoms with Gasteiger partial charge in [-0.2, -0.15) is 0 Å². The highest BCUT2D eigenvalue weighted by Gasteiger charge is 2.27. The SMILES string of the molecule is CCCCCCCCCCCCSC(=O)C(C)N(Cc1ccccc1)C(=O)c1ccccc1. The van der Waals surface area contributed by atoms with Crippen LogP contribution in [-0.2, 0) is 11.3 Å². The van der Waals surface area contributed by atoms with E-state index in [1.54, 1.807) is 4.90 Å². The summed E-state index contributed by atoms with van der Waals surface area (Å²) in [5.74, 6) is 0.734.